The number of hydrogen-bond donors (Lipinski definition) is 2. The summed E-state index contributed by atoms with van der Waals surface area (Å²) in [6.45, 7) is 0. The van der Waals surface area contributed by atoms with E-state index < -0.39 is 17.3 Å². The zero-order valence-corrected chi connectivity index (χ0v) is 9.36. The molecule has 0 radical (unpaired) electrons. The normalized spacial score (nSPS) is 28.0. The Kier molecular flexibility index (Phi) is 3.02. The third-order valence-electron chi connectivity index (χ3n) is 3.13. The zero-order chi connectivity index (χ0) is 12.5. The molecule has 1 fully saturated rings. The van der Waals surface area contributed by atoms with Gasteiger partial charge in [-0.2, -0.15) is 0 Å². The Labute approximate surface area is 98.7 Å². The third-order valence-corrected chi connectivity index (χ3v) is 3.13. The number of hydrogen-bond acceptors (Lipinski definition) is 3. The van der Waals surface area contributed by atoms with E-state index in [9.17, 15) is 9.18 Å². The highest BCUT2D eigenvalue weighted by Gasteiger charge is 2.41. The van der Waals surface area contributed by atoms with Crippen LogP contribution >= 0.6 is 0 Å². The van der Waals surface area contributed by atoms with Crippen molar-refractivity contribution in [2.45, 2.75) is 30.9 Å². The van der Waals surface area contributed by atoms with Crippen LogP contribution in [0, 0.1) is 5.82 Å². The van der Waals surface area contributed by atoms with Gasteiger partial charge in [0.15, 0.2) is 11.6 Å². The van der Waals surface area contributed by atoms with Crippen LogP contribution in [0.2, 0.25) is 0 Å². The van der Waals surface area contributed by atoms with Crippen molar-refractivity contribution in [3.63, 3.8) is 0 Å². The van der Waals surface area contributed by atoms with Gasteiger partial charge in [-0.05, 0) is 25.0 Å². The van der Waals surface area contributed by atoms with Gasteiger partial charge < -0.3 is 16.2 Å². The Hall–Kier alpha value is -1.62. The maximum atomic E-state index is 13.3. The molecular formula is C12H15FN2O2. The van der Waals surface area contributed by atoms with Gasteiger partial charge in [-0.3, -0.25) is 4.79 Å². The minimum absolute atomic E-state index is 0.186. The highest BCUT2D eigenvalue weighted by molar-refractivity contribution is 5.84. The van der Waals surface area contributed by atoms with Gasteiger partial charge in [-0.25, -0.2) is 4.39 Å². The lowest BCUT2D eigenvalue weighted by Crippen LogP contribution is -2.50. The number of nitrogens with two attached hydrogens (primary N) is 2. The molecule has 2 rings (SSSR count). The fourth-order valence-corrected chi connectivity index (χ4v) is 2.07. The van der Waals surface area contributed by atoms with Crippen molar-refractivity contribution >= 4 is 5.91 Å². The number of amides is 1. The molecule has 1 aliphatic carbocycles. The average Bonchev–Trinajstić information content (AvgIpc) is 2.65. The van der Waals surface area contributed by atoms with Crippen LogP contribution < -0.4 is 16.2 Å². The molecule has 4 N–H and O–H groups in total. The number of halogens is 1. The monoisotopic (exact) mass is 238 g/mol. The van der Waals surface area contributed by atoms with E-state index in [1.807, 2.05) is 0 Å². The molecule has 4 nitrogen and oxygen atoms in total. The Bertz CT molecular complexity index is 438. The lowest BCUT2D eigenvalue weighted by atomic mass is 9.99. The standard InChI is InChI=1S/C12H15FN2O2/c13-9-3-1-2-4-10(9)17-8-5-6-12(15,7-8)11(14)16/h1-4,8H,5-7,15H2,(H2,14,16). The molecule has 0 bridgehead atoms. The predicted octanol–water partition coefficient (Wildman–Crippen LogP) is 0.940. The Balaban J connectivity index is 2.04. The number of carbonyl (C=O) groups is 1. The van der Waals surface area contributed by atoms with E-state index in [1.54, 1.807) is 18.2 Å². The first-order chi connectivity index (χ1) is 8.01. The lowest BCUT2D eigenvalue weighted by Gasteiger charge is -2.20. The van der Waals surface area contributed by atoms with E-state index in [2.05, 4.69) is 0 Å². The summed E-state index contributed by atoms with van der Waals surface area (Å²) < 4.78 is 18.8. The van der Waals surface area contributed by atoms with Crippen molar-refractivity contribution < 1.29 is 13.9 Å². The molecule has 1 amide bonds. The Morgan fingerprint density at radius 1 is 1.47 bits per heavy atom. The van der Waals surface area contributed by atoms with Crippen LogP contribution in [-0.2, 0) is 4.79 Å². The maximum Gasteiger partial charge on any atom is 0.237 e. The first-order valence-electron chi connectivity index (χ1n) is 5.51. The summed E-state index contributed by atoms with van der Waals surface area (Å²) in [5.74, 6) is -0.760. The molecule has 92 valence electrons. The van der Waals surface area contributed by atoms with Crippen LogP contribution in [0.25, 0.3) is 0 Å². The molecule has 0 heterocycles. The molecule has 17 heavy (non-hydrogen) atoms. The summed E-state index contributed by atoms with van der Waals surface area (Å²) in [4.78, 5) is 11.2. The van der Waals surface area contributed by atoms with Crippen molar-refractivity contribution in [3.05, 3.63) is 30.1 Å². The van der Waals surface area contributed by atoms with Crippen LogP contribution in [0.1, 0.15) is 19.3 Å². The molecule has 2 atom stereocenters. The van der Waals surface area contributed by atoms with Crippen molar-refractivity contribution in [3.8, 4) is 5.75 Å². The van der Waals surface area contributed by atoms with Gasteiger partial charge in [0.05, 0.1) is 5.54 Å². The molecule has 1 aromatic carbocycles. The van der Waals surface area contributed by atoms with E-state index >= 15 is 0 Å². The summed E-state index contributed by atoms with van der Waals surface area (Å²) >= 11 is 0. The van der Waals surface area contributed by atoms with Crippen molar-refractivity contribution in [1.82, 2.24) is 0 Å². The Morgan fingerprint density at radius 2 is 2.18 bits per heavy atom. The summed E-state index contributed by atoms with van der Waals surface area (Å²) in [5, 5.41) is 0. The maximum absolute atomic E-state index is 13.3. The zero-order valence-electron chi connectivity index (χ0n) is 9.36. The first kappa shape index (κ1) is 11.9. The lowest BCUT2D eigenvalue weighted by molar-refractivity contribution is -0.123. The molecule has 0 aliphatic heterocycles. The van der Waals surface area contributed by atoms with Crippen LogP contribution in [0.4, 0.5) is 4.39 Å². The number of benzene rings is 1. The summed E-state index contributed by atoms with van der Waals surface area (Å²) in [7, 11) is 0. The number of rotatable bonds is 3. The minimum atomic E-state index is -1.02. The summed E-state index contributed by atoms with van der Waals surface area (Å²) in [5.41, 5.74) is 10.0. The van der Waals surface area contributed by atoms with Crippen molar-refractivity contribution in [1.29, 1.82) is 0 Å². The highest BCUT2D eigenvalue weighted by atomic mass is 19.1. The van der Waals surface area contributed by atoms with Crippen LogP contribution in [0.3, 0.4) is 0 Å². The number of ether oxygens (including phenoxy) is 1. The number of primary amides is 1. The smallest absolute Gasteiger partial charge is 0.237 e. The summed E-state index contributed by atoms with van der Waals surface area (Å²) in [6.07, 6.45) is 1.15. The number of carbonyl (C=O) groups excluding carboxylic acids is 1. The molecule has 1 aliphatic rings. The van der Waals surface area contributed by atoms with Gasteiger partial charge >= 0.3 is 0 Å². The molecule has 5 heteroatoms. The first-order valence-corrected chi connectivity index (χ1v) is 5.51. The van der Waals surface area contributed by atoms with Crippen LogP contribution in [0.15, 0.2) is 24.3 Å². The largest absolute Gasteiger partial charge is 0.487 e. The number of para-hydroxylation sites is 1. The van der Waals surface area contributed by atoms with Gasteiger partial charge in [-0.15, -0.1) is 0 Å². The molecule has 1 aromatic rings. The van der Waals surface area contributed by atoms with E-state index in [0.717, 1.165) is 0 Å². The van der Waals surface area contributed by atoms with Gasteiger partial charge in [0.1, 0.15) is 6.10 Å². The molecule has 0 spiro atoms. The van der Waals surface area contributed by atoms with E-state index in [1.165, 1.54) is 6.07 Å². The van der Waals surface area contributed by atoms with Gasteiger partial charge in [-0.1, -0.05) is 12.1 Å². The van der Waals surface area contributed by atoms with Crippen LogP contribution in [-0.4, -0.2) is 17.6 Å². The molecule has 2 unspecified atom stereocenters. The topological polar surface area (TPSA) is 78.3 Å². The molecular weight excluding hydrogens is 223 g/mol. The average molecular weight is 238 g/mol. The van der Waals surface area contributed by atoms with Gasteiger partial charge in [0.25, 0.3) is 0 Å². The second-order valence-corrected chi connectivity index (χ2v) is 4.43. The molecule has 1 saturated carbocycles. The van der Waals surface area contributed by atoms with Gasteiger partial charge in [0.2, 0.25) is 5.91 Å². The minimum Gasteiger partial charge on any atom is -0.487 e. The fourth-order valence-electron chi connectivity index (χ4n) is 2.07. The second kappa shape index (κ2) is 4.33. The highest BCUT2D eigenvalue weighted by Crippen LogP contribution is 2.31. The second-order valence-electron chi connectivity index (χ2n) is 4.43. The van der Waals surface area contributed by atoms with Crippen LogP contribution in [0.5, 0.6) is 5.75 Å². The van der Waals surface area contributed by atoms with Gasteiger partial charge in [0, 0.05) is 6.42 Å². The quantitative estimate of drug-likeness (QED) is 0.822. The van der Waals surface area contributed by atoms with E-state index in [0.29, 0.717) is 19.3 Å². The molecule has 0 saturated heterocycles. The fraction of sp³-hybridized carbons (Fsp3) is 0.417. The SMILES string of the molecule is NC(=O)C1(N)CCC(Oc2ccccc2F)C1. The Morgan fingerprint density at radius 3 is 2.76 bits per heavy atom. The van der Waals surface area contributed by atoms with E-state index in [4.69, 9.17) is 16.2 Å². The third kappa shape index (κ3) is 2.39. The van der Waals surface area contributed by atoms with Crippen molar-refractivity contribution in [2.75, 3.05) is 0 Å². The van der Waals surface area contributed by atoms with Crippen molar-refractivity contribution in [2.24, 2.45) is 11.5 Å². The predicted molar refractivity (Wildman–Crippen MR) is 60.8 cm³/mol. The van der Waals surface area contributed by atoms with E-state index in [-0.39, 0.29) is 11.9 Å². The molecule has 0 aromatic heterocycles. The summed E-state index contributed by atoms with van der Waals surface area (Å²) in [6, 6.07) is 6.16.